The van der Waals surface area contributed by atoms with Gasteiger partial charge in [-0.15, -0.1) is 6.42 Å². The molecule has 2 aromatic rings. The van der Waals surface area contributed by atoms with E-state index < -0.39 is 12.0 Å². The number of rotatable bonds is 13. The fraction of sp³-hybridized carbons (Fsp3) is 0.375. The summed E-state index contributed by atoms with van der Waals surface area (Å²) in [5.41, 5.74) is 1.22. The minimum atomic E-state index is -1.28. The van der Waals surface area contributed by atoms with Crippen molar-refractivity contribution in [3.8, 4) is 35.3 Å². The maximum absolute atomic E-state index is 12.0. The van der Waals surface area contributed by atoms with Gasteiger partial charge in [0.2, 0.25) is 0 Å². The Balaban J connectivity index is 1.70. The standard InChI is InChI=1S/C24H29NO6/c1-4-6-18-7-9-19(10-8-18)31-17-21(26)24(27)25-13-15-29-20-11-12-22(30-14-5-2)23(16-20)28-3/h2,7-12,16,21,26H,4,6,13-15,17H2,1,3H3,(H,25,27). The quantitative estimate of drug-likeness (QED) is 0.378. The van der Waals surface area contributed by atoms with E-state index in [-0.39, 0.29) is 26.4 Å². The Morgan fingerprint density at radius 3 is 2.52 bits per heavy atom. The smallest absolute Gasteiger partial charge is 0.252 e. The highest BCUT2D eigenvalue weighted by Crippen LogP contribution is 2.31. The highest BCUT2D eigenvalue weighted by atomic mass is 16.5. The molecule has 1 amide bonds. The van der Waals surface area contributed by atoms with Crippen molar-refractivity contribution < 1.29 is 28.8 Å². The second-order valence-corrected chi connectivity index (χ2v) is 6.67. The zero-order valence-corrected chi connectivity index (χ0v) is 17.9. The lowest BCUT2D eigenvalue weighted by atomic mass is 10.1. The van der Waals surface area contributed by atoms with Gasteiger partial charge in [-0.25, -0.2) is 0 Å². The lowest BCUT2D eigenvalue weighted by Gasteiger charge is -2.14. The van der Waals surface area contributed by atoms with Crippen molar-refractivity contribution in [2.24, 2.45) is 0 Å². The topological polar surface area (TPSA) is 86.3 Å². The van der Waals surface area contributed by atoms with Gasteiger partial charge in [0.05, 0.1) is 13.7 Å². The SMILES string of the molecule is C#CCOc1ccc(OCCNC(=O)C(O)COc2ccc(CCC)cc2)cc1OC. The predicted molar refractivity (Wildman–Crippen MR) is 118 cm³/mol. The fourth-order valence-electron chi connectivity index (χ4n) is 2.73. The van der Waals surface area contributed by atoms with Crippen molar-refractivity contribution in [2.45, 2.75) is 25.9 Å². The van der Waals surface area contributed by atoms with Crippen LogP contribution >= 0.6 is 0 Å². The summed E-state index contributed by atoms with van der Waals surface area (Å²) in [6.07, 6.45) is 5.99. The van der Waals surface area contributed by atoms with Crippen molar-refractivity contribution in [3.05, 3.63) is 48.0 Å². The number of aliphatic hydroxyl groups is 1. The molecule has 0 saturated carbocycles. The first-order chi connectivity index (χ1) is 15.1. The molecule has 7 heteroatoms. The number of hydrogen-bond donors (Lipinski definition) is 2. The van der Waals surface area contributed by atoms with Crippen LogP contribution < -0.4 is 24.3 Å². The van der Waals surface area contributed by atoms with Gasteiger partial charge in [0.15, 0.2) is 17.6 Å². The van der Waals surface area contributed by atoms with Gasteiger partial charge in [0.25, 0.3) is 5.91 Å². The Morgan fingerprint density at radius 2 is 1.84 bits per heavy atom. The number of aliphatic hydroxyl groups excluding tert-OH is 1. The summed E-state index contributed by atoms with van der Waals surface area (Å²) in [5, 5.41) is 12.6. The number of hydrogen-bond acceptors (Lipinski definition) is 6. The minimum Gasteiger partial charge on any atom is -0.493 e. The largest absolute Gasteiger partial charge is 0.493 e. The molecule has 0 aliphatic carbocycles. The van der Waals surface area contributed by atoms with Crippen molar-refractivity contribution in [3.63, 3.8) is 0 Å². The van der Waals surface area contributed by atoms with E-state index in [0.717, 1.165) is 12.8 Å². The molecule has 0 fully saturated rings. The Labute approximate surface area is 183 Å². The van der Waals surface area contributed by atoms with Gasteiger partial charge in [-0.1, -0.05) is 31.4 Å². The van der Waals surface area contributed by atoms with Crippen LogP contribution in [0.1, 0.15) is 18.9 Å². The first-order valence-corrected chi connectivity index (χ1v) is 10.1. The highest BCUT2D eigenvalue weighted by Gasteiger charge is 2.15. The summed E-state index contributed by atoms with van der Waals surface area (Å²) in [7, 11) is 1.52. The zero-order valence-electron chi connectivity index (χ0n) is 17.9. The lowest BCUT2D eigenvalue weighted by molar-refractivity contribution is -0.130. The zero-order chi connectivity index (χ0) is 22.5. The summed E-state index contributed by atoms with van der Waals surface area (Å²) >= 11 is 0. The number of amides is 1. The molecule has 0 bridgehead atoms. The van der Waals surface area contributed by atoms with E-state index in [1.807, 2.05) is 24.3 Å². The van der Waals surface area contributed by atoms with Crippen LogP contribution in [0.4, 0.5) is 0 Å². The van der Waals surface area contributed by atoms with Gasteiger partial charge in [-0.3, -0.25) is 4.79 Å². The number of nitrogens with one attached hydrogen (secondary N) is 1. The van der Waals surface area contributed by atoms with Crippen molar-refractivity contribution in [1.29, 1.82) is 0 Å². The molecule has 0 saturated heterocycles. The van der Waals surface area contributed by atoms with Crippen molar-refractivity contribution in [1.82, 2.24) is 5.32 Å². The molecule has 0 radical (unpaired) electrons. The first kappa shape index (κ1) is 23.9. The highest BCUT2D eigenvalue weighted by molar-refractivity contribution is 5.80. The summed E-state index contributed by atoms with van der Waals surface area (Å²) in [5.74, 6) is 4.03. The number of benzene rings is 2. The van der Waals surface area contributed by atoms with Crippen molar-refractivity contribution in [2.75, 3.05) is 33.5 Å². The number of methoxy groups -OCH3 is 1. The van der Waals surface area contributed by atoms with E-state index in [9.17, 15) is 9.90 Å². The van der Waals surface area contributed by atoms with E-state index in [0.29, 0.717) is 23.0 Å². The van der Waals surface area contributed by atoms with Crippen LogP contribution in [0.2, 0.25) is 0 Å². The molecule has 7 nitrogen and oxygen atoms in total. The summed E-state index contributed by atoms with van der Waals surface area (Å²) < 4.78 is 21.7. The van der Waals surface area contributed by atoms with E-state index in [2.05, 4.69) is 18.2 Å². The Hall–Kier alpha value is -3.37. The number of carbonyl (C=O) groups is 1. The van der Waals surface area contributed by atoms with E-state index in [1.165, 1.54) is 12.7 Å². The molecule has 2 N–H and O–H groups in total. The van der Waals surface area contributed by atoms with Gasteiger partial charge >= 0.3 is 0 Å². The maximum Gasteiger partial charge on any atom is 0.252 e. The third-order valence-electron chi connectivity index (χ3n) is 4.29. The van der Waals surface area contributed by atoms with Crippen LogP contribution in [0.25, 0.3) is 0 Å². The van der Waals surface area contributed by atoms with Crippen LogP contribution in [0.5, 0.6) is 23.0 Å². The lowest BCUT2D eigenvalue weighted by Crippen LogP contribution is -2.40. The number of carbonyl (C=O) groups excluding carboxylic acids is 1. The number of terminal acetylenes is 1. The van der Waals surface area contributed by atoms with E-state index in [1.54, 1.807) is 18.2 Å². The summed E-state index contributed by atoms with van der Waals surface area (Å²) in [4.78, 5) is 12.0. The van der Waals surface area contributed by atoms with Gasteiger partial charge < -0.3 is 29.4 Å². The second-order valence-electron chi connectivity index (χ2n) is 6.67. The second kappa shape index (κ2) is 13.0. The molecule has 0 spiro atoms. The normalized spacial score (nSPS) is 11.2. The van der Waals surface area contributed by atoms with Gasteiger partial charge in [-0.2, -0.15) is 0 Å². The molecule has 1 atom stereocenters. The molecule has 0 heterocycles. The van der Waals surface area contributed by atoms with Crippen LogP contribution in [-0.4, -0.2) is 50.6 Å². The Kier molecular flexibility index (Phi) is 10.1. The third-order valence-corrected chi connectivity index (χ3v) is 4.29. The fourth-order valence-corrected chi connectivity index (χ4v) is 2.73. The first-order valence-electron chi connectivity index (χ1n) is 10.1. The van der Waals surface area contributed by atoms with Crippen LogP contribution in [0, 0.1) is 12.3 Å². The molecule has 31 heavy (non-hydrogen) atoms. The summed E-state index contributed by atoms with van der Waals surface area (Å²) in [6, 6.07) is 12.7. The van der Waals surface area contributed by atoms with E-state index >= 15 is 0 Å². The number of ether oxygens (including phenoxy) is 4. The average Bonchev–Trinajstić information content (AvgIpc) is 2.80. The average molecular weight is 427 g/mol. The molecule has 0 aliphatic heterocycles. The minimum absolute atomic E-state index is 0.129. The predicted octanol–water partition coefficient (Wildman–Crippen LogP) is 2.59. The molecule has 2 rings (SSSR count). The monoisotopic (exact) mass is 427 g/mol. The van der Waals surface area contributed by atoms with Crippen LogP contribution in [-0.2, 0) is 11.2 Å². The summed E-state index contributed by atoms with van der Waals surface area (Å²) in [6.45, 7) is 2.56. The van der Waals surface area contributed by atoms with Gasteiger partial charge in [0.1, 0.15) is 31.3 Å². The molecule has 2 aromatic carbocycles. The third kappa shape index (κ3) is 8.11. The Morgan fingerprint density at radius 1 is 1.10 bits per heavy atom. The van der Waals surface area contributed by atoms with Crippen molar-refractivity contribution >= 4 is 5.91 Å². The molecule has 1 unspecified atom stereocenters. The van der Waals surface area contributed by atoms with Gasteiger partial charge in [-0.05, 0) is 36.2 Å². The van der Waals surface area contributed by atoms with E-state index in [4.69, 9.17) is 25.4 Å². The van der Waals surface area contributed by atoms with Gasteiger partial charge in [0, 0.05) is 6.07 Å². The maximum atomic E-state index is 12.0. The Bertz CT molecular complexity index is 859. The van der Waals surface area contributed by atoms with Crippen LogP contribution in [0.15, 0.2) is 42.5 Å². The molecule has 0 aliphatic rings. The molecular weight excluding hydrogens is 398 g/mol. The molecular formula is C24H29NO6. The number of aryl methyl sites for hydroxylation is 1. The molecule has 0 aromatic heterocycles. The molecule has 166 valence electrons. The van der Waals surface area contributed by atoms with Crippen LogP contribution in [0.3, 0.4) is 0 Å².